The van der Waals surface area contributed by atoms with E-state index in [4.69, 9.17) is 37.3 Å². The van der Waals surface area contributed by atoms with E-state index >= 15 is 0 Å². The zero-order chi connectivity index (χ0) is 25.8. The topological polar surface area (TPSA) is 159 Å². The molecule has 0 amide bonds. The van der Waals surface area contributed by atoms with Crippen LogP contribution in [-0.2, 0) is 63.1 Å². The molecule has 0 saturated carbocycles. The van der Waals surface area contributed by atoms with Crippen molar-refractivity contribution in [2.24, 2.45) is 0 Å². The molecule has 2 unspecified atom stereocenters. The summed E-state index contributed by atoms with van der Waals surface area (Å²) in [6.07, 6.45) is -7.23. The molecule has 1 aromatic rings. The van der Waals surface area contributed by atoms with Gasteiger partial charge in [0.1, 0.15) is 11.9 Å². The number of hydrogen-bond donors (Lipinski definition) is 0. The number of phosphoric ester groups is 1. The van der Waals surface area contributed by atoms with Gasteiger partial charge in [0.25, 0.3) is 0 Å². The average molecular weight is 516 g/mol. The van der Waals surface area contributed by atoms with Gasteiger partial charge in [0, 0.05) is 33.3 Å². The first-order valence-electron chi connectivity index (χ1n) is 10.5. The standard InChI is InChI=1S/C21H25O13P/c1-11(22)29-18-17(10-28-35(26)27-9-15-7-5-6-8-16(15)34-35)33-21(32-14(4)25)20(31-13(3)24)19(18)30-12(2)23/h5-8,17-21H,9-10H2,1-4H3/t17-,18-,19+,20-,21?,35?/m1/s1. The number of benzene rings is 1. The van der Waals surface area contributed by atoms with Crippen LogP contribution >= 0.6 is 7.82 Å². The molecule has 2 aliphatic rings. The van der Waals surface area contributed by atoms with Crippen LogP contribution in [0, 0.1) is 0 Å². The summed E-state index contributed by atoms with van der Waals surface area (Å²) in [6, 6.07) is 6.75. The van der Waals surface area contributed by atoms with E-state index < -0.39 is 69.0 Å². The van der Waals surface area contributed by atoms with Crippen LogP contribution in [0.25, 0.3) is 0 Å². The average Bonchev–Trinajstić information content (AvgIpc) is 2.75. The molecule has 0 spiro atoms. The first kappa shape index (κ1) is 26.6. The summed E-state index contributed by atoms with van der Waals surface area (Å²) in [5.74, 6) is -2.91. The SMILES string of the molecule is CC(=O)OC1O[C@H](COP2(=O)OCc3ccccc3O2)[C@@H](OC(C)=O)[C@H](OC(C)=O)[C@H]1OC(C)=O. The van der Waals surface area contributed by atoms with Crippen molar-refractivity contribution >= 4 is 31.7 Å². The van der Waals surface area contributed by atoms with E-state index in [1.54, 1.807) is 24.3 Å². The molecule has 13 nitrogen and oxygen atoms in total. The lowest BCUT2D eigenvalue weighted by Gasteiger charge is -2.43. The number of fused-ring (bicyclic) bond motifs is 1. The number of ether oxygens (including phenoxy) is 5. The monoisotopic (exact) mass is 516 g/mol. The van der Waals surface area contributed by atoms with Gasteiger partial charge in [-0.3, -0.25) is 28.2 Å². The lowest BCUT2D eigenvalue weighted by Crippen LogP contribution is -2.63. The Kier molecular flexibility index (Phi) is 8.49. The van der Waals surface area contributed by atoms with E-state index in [1.807, 2.05) is 0 Å². The first-order valence-corrected chi connectivity index (χ1v) is 11.9. The van der Waals surface area contributed by atoms with Gasteiger partial charge in [0.2, 0.25) is 12.4 Å². The van der Waals surface area contributed by atoms with Crippen LogP contribution in [0.2, 0.25) is 0 Å². The quantitative estimate of drug-likeness (QED) is 0.294. The summed E-state index contributed by atoms with van der Waals surface area (Å²) in [6.45, 7) is 3.71. The van der Waals surface area contributed by atoms with Gasteiger partial charge in [-0.25, -0.2) is 4.57 Å². The molecule has 2 heterocycles. The molecule has 0 radical (unpaired) electrons. The number of phosphoric acid groups is 1. The molecule has 0 aromatic heterocycles. The van der Waals surface area contributed by atoms with Gasteiger partial charge >= 0.3 is 31.7 Å². The van der Waals surface area contributed by atoms with Crippen molar-refractivity contribution in [2.75, 3.05) is 6.61 Å². The molecule has 1 saturated heterocycles. The van der Waals surface area contributed by atoms with Crippen molar-refractivity contribution in [3.8, 4) is 5.75 Å². The van der Waals surface area contributed by atoms with Crippen molar-refractivity contribution in [1.82, 2.24) is 0 Å². The van der Waals surface area contributed by atoms with Crippen LogP contribution in [0.15, 0.2) is 24.3 Å². The van der Waals surface area contributed by atoms with Gasteiger partial charge in [-0.05, 0) is 6.07 Å². The summed E-state index contributed by atoms with van der Waals surface area (Å²) in [4.78, 5) is 47.0. The first-order chi connectivity index (χ1) is 16.5. The molecule has 192 valence electrons. The second-order valence-electron chi connectivity index (χ2n) is 7.59. The van der Waals surface area contributed by atoms with Gasteiger partial charge in [0.05, 0.1) is 13.2 Å². The smallest absolute Gasteiger partial charge is 0.456 e. The number of rotatable bonds is 7. The van der Waals surface area contributed by atoms with Gasteiger partial charge in [0.15, 0.2) is 12.2 Å². The summed E-state index contributed by atoms with van der Waals surface area (Å²) in [7, 11) is -4.13. The normalized spacial score (nSPS) is 29.7. The minimum Gasteiger partial charge on any atom is -0.456 e. The van der Waals surface area contributed by atoms with E-state index in [2.05, 4.69) is 0 Å². The maximum Gasteiger partial charge on any atom is 0.530 e. The summed E-state index contributed by atoms with van der Waals surface area (Å²) >= 11 is 0. The molecule has 14 heteroatoms. The van der Waals surface area contributed by atoms with Crippen LogP contribution in [0.1, 0.15) is 33.3 Å². The maximum absolute atomic E-state index is 13.0. The van der Waals surface area contributed by atoms with Crippen LogP contribution in [0.4, 0.5) is 0 Å². The molecule has 0 N–H and O–H groups in total. The van der Waals surface area contributed by atoms with Crippen molar-refractivity contribution in [3.05, 3.63) is 29.8 Å². The van der Waals surface area contributed by atoms with Gasteiger partial charge in [-0.1, -0.05) is 18.2 Å². The molecule has 0 aliphatic carbocycles. The lowest BCUT2D eigenvalue weighted by molar-refractivity contribution is -0.299. The highest BCUT2D eigenvalue weighted by Crippen LogP contribution is 2.54. The fourth-order valence-electron chi connectivity index (χ4n) is 3.48. The fraction of sp³-hybridized carbons (Fsp3) is 0.524. The second-order valence-corrected chi connectivity index (χ2v) is 9.18. The van der Waals surface area contributed by atoms with Crippen LogP contribution in [0.5, 0.6) is 5.75 Å². The van der Waals surface area contributed by atoms with Gasteiger partial charge in [-0.15, -0.1) is 0 Å². The molecular weight excluding hydrogens is 491 g/mol. The number of esters is 4. The number of carbonyl (C=O) groups excluding carboxylic acids is 4. The van der Waals surface area contributed by atoms with Crippen molar-refractivity contribution < 1.29 is 61.0 Å². The third-order valence-electron chi connectivity index (χ3n) is 4.74. The van der Waals surface area contributed by atoms with Crippen LogP contribution in [-0.4, -0.2) is 61.2 Å². The van der Waals surface area contributed by atoms with E-state index in [0.717, 1.165) is 27.7 Å². The zero-order valence-corrected chi connectivity index (χ0v) is 20.3. The fourth-order valence-corrected chi connectivity index (χ4v) is 4.71. The Balaban J connectivity index is 1.87. The third kappa shape index (κ3) is 7.01. The minimum absolute atomic E-state index is 0.0486. The molecule has 35 heavy (non-hydrogen) atoms. The Labute approximate surface area is 200 Å². The summed E-state index contributed by atoms with van der Waals surface area (Å²) in [5.41, 5.74) is 0.656. The summed E-state index contributed by atoms with van der Waals surface area (Å²) < 4.78 is 55.6. The van der Waals surface area contributed by atoms with E-state index in [1.165, 1.54) is 0 Å². The molecule has 3 rings (SSSR count). The molecule has 1 fully saturated rings. The number of para-hydroxylation sites is 1. The number of carbonyl (C=O) groups is 4. The predicted molar refractivity (Wildman–Crippen MR) is 113 cm³/mol. The largest absolute Gasteiger partial charge is 0.530 e. The van der Waals surface area contributed by atoms with Gasteiger partial charge in [-0.2, -0.15) is 0 Å². The predicted octanol–water partition coefficient (Wildman–Crippen LogP) is 1.80. The molecule has 1 aromatic carbocycles. The Hall–Kier alpha value is -2.99. The molecule has 6 atom stereocenters. The van der Waals surface area contributed by atoms with Crippen molar-refractivity contribution in [3.63, 3.8) is 0 Å². The van der Waals surface area contributed by atoms with E-state index in [0.29, 0.717) is 11.3 Å². The Morgan fingerprint density at radius 3 is 2.06 bits per heavy atom. The van der Waals surface area contributed by atoms with Crippen LogP contribution < -0.4 is 4.52 Å². The molecule has 2 aliphatic heterocycles. The second kappa shape index (κ2) is 11.2. The zero-order valence-electron chi connectivity index (χ0n) is 19.4. The Morgan fingerprint density at radius 1 is 0.857 bits per heavy atom. The van der Waals surface area contributed by atoms with Gasteiger partial charge < -0.3 is 28.2 Å². The molecule has 0 bridgehead atoms. The van der Waals surface area contributed by atoms with Crippen molar-refractivity contribution in [2.45, 2.75) is 65.0 Å². The molecular formula is C21H25O13P. The lowest BCUT2D eigenvalue weighted by atomic mass is 9.98. The highest BCUT2D eigenvalue weighted by Gasteiger charge is 2.54. The highest BCUT2D eigenvalue weighted by molar-refractivity contribution is 7.49. The summed E-state index contributed by atoms with van der Waals surface area (Å²) in [5, 5.41) is 0. The Bertz CT molecular complexity index is 1020. The third-order valence-corrected chi connectivity index (χ3v) is 6.07. The maximum atomic E-state index is 13.0. The van der Waals surface area contributed by atoms with Crippen LogP contribution in [0.3, 0.4) is 0 Å². The Morgan fingerprint density at radius 2 is 1.43 bits per heavy atom. The van der Waals surface area contributed by atoms with Crippen molar-refractivity contribution in [1.29, 1.82) is 0 Å². The highest BCUT2D eigenvalue weighted by atomic mass is 31.2. The minimum atomic E-state index is -4.13. The van der Waals surface area contributed by atoms with E-state index in [-0.39, 0.29) is 6.61 Å². The number of hydrogen-bond acceptors (Lipinski definition) is 13. The van der Waals surface area contributed by atoms with E-state index in [9.17, 15) is 23.7 Å².